The van der Waals surface area contributed by atoms with E-state index in [1.54, 1.807) is 29.2 Å². The molecule has 2 saturated heterocycles. The quantitative estimate of drug-likeness (QED) is 0.291. The first kappa shape index (κ1) is 23.0. The van der Waals surface area contributed by atoms with Crippen LogP contribution in [0.25, 0.3) is 0 Å². The number of carbonyl (C=O) groups excluding carboxylic acids is 4. The van der Waals surface area contributed by atoms with Gasteiger partial charge in [-0.05, 0) is 62.1 Å². The predicted molar refractivity (Wildman–Crippen MR) is 131 cm³/mol. The Bertz CT molecular complexity index is 1250. The number of rotatable bonds is 4. The smallest absolute Gasteiger partial charge is 0.316 e. The van der Waals surface area contributed by atoms with Gasteiger partial charge in [-0.25, -0.2) is 0 Å². The van der Waals surface area contributed by atoms with Crippen molar-refractivity contribution in [2.24, 2.45) is 23.7 Å². The van der Waals surface area contributed by atoms with Gasteiger partial charge in [-0.15, -0.1) is 0 Å². The molecule has 7 nitrogen and oxygen atoms in total. The molecule has 2 aliphatic heterocycles. The molecule has 0 saturated carbocycles. The second-order valence-electron chi connectivity index (χ2n) is 9.78. The Labute approximate surface area is 204 Å². The number of carbonyl (C=O) groups is 4. The lowest BCUT2D eigenvalue weighted by molar-refractivity contribution is -0.139. The molecule has 2 aromatic rings. The van der Waals surface area contributed by atoms with Crippen molar-refractivity contribution in [3.8, 4) is 5.75 Å². The van der Waals surface area contributed by atoms with Crippen molar-refractivity contribution in [2.75, 3.05) is 16.3 Å². The van der Waals surface area contributed by atoms with E-state index in [4.69, 9.17) is 4.74 Å². The Morgan fingerprint density at radius 1 is 1.00 bits per heavy atom. The third kappa shape index (κ3) is 4.05. The number of anilines is 2. The fourth-order valence-electron chi connectivity index (χ4n) is 5.47. The Hall–Kier alpha value is -3.74. The van der Waals surface area contributed by atoms with Gasteiger partial charge < -0.3 is 9.64 Å². The van der Waals surface area contributed by atoms with Crippen molar-refractivity contribution >= 4 is 35.1 Å². The van der Waals surface area contributed by atoms with Crippen LogP contribution >= 0.6 is 0 Å². The fourth-order valence-corrected chi connectivity index (χ4v) is 5.47. The minimum Gasteiger partial charge on any atom is -0.426 e. The molecule has 0 aromatic heterocycles. The zero-order valence-corrected chi connectivity index (χ0v) is 20.1. The van der Waals surface area contributed by atoms with E-state index in [0.717, 1.165) is 16.8 Å². The van der Waals surface area contributed by atoms with Crippen molar-refractivity contribution in [3.63, 3.8) is 0 Å². The third-order valence-electron chi connectivity index (χ3n) is 7.29. The summed E-state index contributed by atoms with van der Waals surface area (Å²) in [5, 5.41) is 0. The number of hydrogen-bond donors (Lipinski definition) is 0. The van der Waals surface area contributed by atoms with Gasteiger partial charge in [0.1, 0.15) is 5.75 Å². The van der Waals surface area contributed by atoms with Gasteiger partial charge in [0.25, 0.3) is 0 Å². The van der Waals surface area contributed by atoms with Crippen molar-refractivity contribution < 1.29 is 23.9 Å². The Kier molecular flexibility index (Phi) is 5.79. The van der Waals surface area contributed by atoms with Crippen LogP contribution in [0.1, 0.15) is 30.9 Å². The van der Waals surface area contributed by atoms with Gasteiger partial charge in [0.2, 0.25) is 17.7 Å². The molecule has 4 atom stereocenters. The van der Waals surface area contributed by atoms with Crippen LogP contribution in [0, 0.1) is 37.5 Å². The SMILES string of the molecule is Cc1ccc(N2C[C@H](C(=O)Oc3ccc(N4C(=O)[C@@H]5[C@H](C)C=CC[C@H]5C4=O)cc3)CC2=O)c(C)c1. The van der Waals surface area contributed by atoms with Crippen molar-refractivity contribution in [2.45, 2.75) is 33.6 Å². The van der Waals surface area contributed by atoms with Crippen LogP contribution in [0.5, 0.6) is 5.75 Å². The van der Waals surface area contributed by atoms with E-state index in [2.05, 4.69) is 0 Å². The van der Waals surface area contributed by atoms with E-state index in [0.29, 0.717) is 17.9 Å². The zero-order valence-electron chi connectivity index (χ0n) is 20.1. The number of hydrogen-bond acceptors (Lipinski definition) is 5. The summed E-state index contributed by atoms with van der Waals surface area (Å²) in [4.78, 5) is 54.2. The standard InChI is InChI=1S/C28H28N2O5/c1-16-7-12-23(18(3)13-16)29-15-19(14-24(29)31)28(34)35-21-10-8-20(9-11-21)30-26(32)22-6-4-5-17(2)25(22)27(30)33/h4-5,7-13,17,19,22,25H,6,14-15H2,1-3H3/t17-,19-,22-,25-/m1/s1. The molecule has 3 amide bonds. The van der Waals surface area contributed by atoms with Gasteiger partial charge in [0.05, 0.1) is 23.4 Å². The summed E-state index contributed by atoms with van der Waals surface area (Å²) in [5.41, 5.74) is 3.38. The Morgan fingerprint density at radius 3 is 2.43 bits per heavy atom. The molecule has 7 heteroatoms. The minimum atomic E-state index is -0.568. The first-order chi connectivity index (χ1) is 16.7. The van der Waals surface area contributed by atoms with E-state index in [1.807, 2.05) is 51.1 Å². The summed E-state index contributed by atoms with van der Waals surface area (Å²) < 4.78 is 5.55. The van der Waals surface area contributed by atoms with Gasteiger partial charge in [0, 0.05) is 18.7 Å². The number of esters is 1. The summed E-state index contributed by atoms with van der Waals surface area (Å²) in [6.07, 6.45) is 4.63. The molecular formula is C28H28N2O5. The third-order valence-corrected chi connectivity index (χ3v) is 7.29. The summed E-state index contributed by atoms with van der Waals surface area (Å²) in [5.74, 6) is -1.83. The van der Waals surface area contributed by atoms with Gasteiger partial charge >= 0.3 is 5.97 Å². The number of allylic oxidation sites excluding steroid dienone is 2. The zero-order chi connectivity index (χ0) is 24.9. The lowest BCUT2D eigenvalue weighted by Gasteiger charge is -2.22. The molecule has 35 heavy (non-hydrogen) atoms. The molecule has 0 spiro atoms. The maximum absolute atomic E-state index is 13.0. The highest BCUT2D eigenvalue weighted by Crippen LogP contribution is 2.40. The minimum absolute atomic E-state index is 0.0211. The largest absolute Gasteiger partial charge is 0.426 e. The lowest BCUT2D eigenvalue weighted by Crippen LogP contribution is -2.31. The molecule has 3 aliphatic rings. The van der Waals surface area contributed by atoms with E-state index >= 15 is 0 Å². The molecule has 5 rings (SSSR count). The lowest BCUT2D eigenvalue weighted by atomic mass is 9.78. The van der Waals surface area contributed by atoms with Crippen molar-refractivity contribution in [3.05, 3.63) is 65.7 Å². The van der Waals surface area contributed by atoms with E-state index in [9.17, 15) is 19.2 Å². The van der Waals surface area contributed by atoms with Crippen LogP contribution in [0.2, 0.25) is 0 Å². The molecular weight excluding hydrogens is 444 g/mol. The maximum atomic E-state index is 13.0. The average Bonchev–Trinajstić information content (AvgIpc) is 3.32. The summed E-state index contributed by atoms with van der Waals surface area (Å²) in [6, 6.07) is 12.3. The highest BCUT2D eigenvalue weighted by molar-refractivity contribution is 6.22. The monoisotopic (exact) mass is 472 g/mol. The Morgan fingerprint density at radius 2 is 1.74 bits per heavy atom. The molecule has 1 aliphatic carbocycles. The number of fused-ring (bicyclic) bond motifs is 1. The van der Waals surface area contributed by atoms with Gasteiger partial charge in [-0.3, -0.25) is 24.1 Å². The number of amides is 3. The van der Waals surface area contributed by atoms with E-state index in [-0.39, 0.29) is 48.4 Å². The van der Waals surface area contributed by atoms with E-state index in [1.165, 1.54) is 4.90 Å². The predicted octanol–water partition coefficient (Wildman–Crippen LogP) is 3.96. The highest BCUT2D eigenvalue weighted by atomic mass is 16.5. The number of ether oxygens (including phenoxy) is 1. The van der Waals surface area contributed by atoms with Crippen LogP contribution in [0.3, 0.4) is 0 Å². The first-order valence-electron chi connectivity index (χ1n) is 12.0. The summed E-state index contributed by atoms with van der Waals surface area (Å²) in [6.45, 7) is 6.17. The highest BCUT2D eigenvalue weighted by Gasteiger charge is 2.50. The number of aryl methyl sites for hydroxylation is 2. The van der Waals surface area contributed by atoms with Gasteiger partial charge in [0.15, 0.2) is 0 Å². The average molecular weight is 473 g/mol. The summed E-state index contributed by atoms with van der Waals surface area (Å²) >= 11 is 0. The van der Waals surface area contributed by atoms with Crippen molar-refractivity contribution in [1.82, 2.24) is 0 Å². The maximum Gasteiger partial charge on any atom is 0.316 e. The van der Waals surface area contributed by atoms with Gasteiger partial charge in [-0.1, -0.05) is 36.8 Å². The van der Waals surface area contributed by atoms with Crippen molar-refractivity contribution in [1.29, 1.82) is 0 Å². The molecule has 2 heterocycles. The normalized spacial score (nSPS) is 25.9. The van der Waals surface area contributed by atoms with Crippen LogP contribution in [0.15, 0.2) is 54.6 Å². The molecule has 0 N–H and O–H groups in total. The Balaban J connectivity index is 1.26. The number of imide groups is 1. The fraction of sp³-hybridized carbons (Fsp3) is 0.357. The topological polar surface area (TPSA) is 84.0 Å². The molecule has 2 aromatic carbocycles. The molecule has 2 fully saturated rings. The summed E-state index contributed by atoms with van der Waals surface area (Å²) in [7, 11) is 0. The molecule has 180 valence electrons. The molecule has 0 radical (unpaired) electrons. The van der Waals surface area contributed by atoms with E-state index < -0.39 is 11.9 Å². The van der Waals surface area contributed by atoms with Gasteiger partial charge in [-0.2, -0.15) is 0 Å². The van der Waals surface area contributed by atoms with Crippen LogP contribution < -0.4 is 14.5 Å². The molecule has 0 unspecified atom stereocenters. The van der Waals surface area contributed by atoms with Crippen LogP contribution in [0.4, 0.5) is 11.4 Å². The number of nitrogens with zero attached hydrogens (tertiary/aromatic N) is 2. The molecule has 0 bridgehead atoms. The second kappa shape index (κ2) is 8.80. The van der Waals surface area contributed by atoms with Crippen LogP contribution in [-0.4, -0.2) is 30.2 Å². The van der Waals surface area contributed by atoms with Crippen LogP contribution in [-0.2, 0) is 19.2 Å². The second-order valence-corrected chi connectivity index (χ2v) is 9.78. The number of benzene rings is 2. The first-order valence-corrected chi connectivity index (χ1v) is 12.0.